The molecule has 6 N–H and O–H groups in total. The zero-order chi connectivity index (χ0) is 33.9. The molecule has 0 heterocycles. The summed E-state index contributed by atoms with van der Waals surface area (Å²) in [4.78, 5) is 17.2. The first-order valence-electron chi connectivity index (χ1n) is 20.2. The molecule has 276 valence electrons. The van der Waals surface area contributed by atoms with Crippen molar-refractivity contribution in [2.45, 2.75) is 199 Å². The number of carbonyl (C=O) groups is 1. The number of unbranched alkanes of at least 4 members (excludes halogenated alkanes) is 24. The average molecular weight is 655 g/mol. The largest absolute Gasteiger partial charge is 0.390 e. The summed E-state index contributed by atoms with van der Waals surface area (Å²) in [5.41, 5.74) is 11.4. The predicted molar refractivity (Wildman–Crippen MR) is 199 cm³/mol. The van der Waals surface area contributed by atoms with Crippen molar-refractivity contribution in [2.75, 3.05) is 45.8 Å². The van der Waals surface area contributed by atoms with Crippen molar-refractivity contribution < 1.29 is 15.0 Å². The quantitative estimate of drug-likeness (QED) is 0.0501. The third kappa shape index (κ3) is 30.6. The van der Waals surface area contributed by atoms with E-state index < -0.39 is 12.2 Å². The number of carbonyl (C=O) groups excluding carboxylic acids is 1. The molecular weight excluding hydrogens is 572 g/mol. The zero-order valence-electron chi connectivity index (χ0n) is 31.0. The van der Waals surface area contributed by atoms with Gasteiger partial charge in [-0.15, -0.1) is 0 Å². The fourth-order valence-corrected chi connectivity index (χ4v) is 6.40. The summed E-state index contributed by atoms with van der Waals surface area (Å²) in [6.07, 6.45) is 33.3. The Hall–Kier alpha value is -0.730. The van der Waals surface area contributed by atoms with Crippen LogP contribution >= 0.6 is 0 Å². The number of nitrogens with zero attached hydrogens (tertiary/aromatic N) is 2. The van der Waals surface area contributed by atoms with Gasteiger partial charge in [0.05, 0.1) is 12.2 Å². The Morgan fingerprint density at radius 2 is 0.804 bits per heavy atom. The molecule has 7 heteroatoms. The molecule has 0 spiro atoms. The van der Waals surface area contributed by atoms with Gasteiger partial charge in [0.25, 0.3) is 0 Å². The van der Waals surface area contributed by atoms with E-state index in [1.54, 1.807) is 0 Å². The van der Waals surface area contributed by atoms with E-state index >= 15 is 0 Å². The number of aliphatic hydroxyl groups is 2. The second-order valence-corrected chi connectivity index (χ2v) is 14.2. The van der Waals surface area contributed by atoms with Gasteiger partial charge in [0, 0.05) is 45.7 Å². The second-order valence-electron chi connectivity index (χ2n) is 14.2. The molecule has 0 aromatic heterocycles. The lowest BCUT2D eigenvalue weighted by atomic mass is 10.0. The third-order valence-electron chi connectivity index (χ3n) is 9.55. The molecule has 46 heavy (non-hydrogen) atoms. The molecule has 1 amide bonds. The van der Waals surface area contributed by atoms with Crippen LogP contribution in [0.15, 0.2) is 0 Å². The molecule has 0 fully saturated rings. The van der Waals surface area contributed by atoms with Crippen LogP contribution in [0.3, 0.4) is 0 Å². The number of rotatable bonds is 37. The Balaban J connectivity index is 4.23. The number of hydrogen-bond donors (Lipinski definition) is 4. The van der Waals surface area contributed by atoms with Gasteiger partial charge in [-0.2, -0.15) is 0 Å². The van der Waals surface area contributed by atoms with Crippen LogP contribution in [0, 0.1) is 0 Å². The Morgan fingerprint density at radius 3 is 1.17 bits per heavy atom. The summed E-state index contributed by atoms with van der Waals surface area (Å²) < 4.78 is 0. The van der Waals surface area contributed by atoms with E-state index in [2.05, 4.69) is 18.7 Å². The summed E-state index contributed by atoms with van der Waals surface area (Å²) in [5, 5.41) is 20.4. The van der Waals surface area contributed by atoms with Crippen molar-refractivity contribution in [1.29, 1.82) is 0 Å². The minimum absolute atomic E-state index is 0.0719. The normalized spacial score (nSPS) is 13.0. The maximum absolute atomic E-state index is 13.2. The van der Waals surface area contributed by atoms with E-state index in [0.717, 1.165) is 25.8 Å². The molecule has 0 radical (unpaired) electrons. The van der Waals surface area contributed by atoms with Gasteiger partial charge >= 0.3 is 0 Å². The number of aliphatic hydroxyl groups excluding tert-OH is 2. The van der Waals surface area contributed by atoms with E-state index in [1.807, 2.05) is 4.90 Å². The first-order chi connectivity index (χ1) is 22.5. The van der Waals surface area contributed by atoms with Gasteiger partial charge < -0.3 is 31.5 Å². The van der Waals surface area contributed by atoms with Gasteiger partial charge in [-0.1, -0.05) is 168 Å². The van der Waals surface area contributed by atoms with Crippen LogP contribution in [-0.4, -0.2) is 83.9 Å². The molecule has 2 atom stereocenters. The van der Waals surface area contributed by atoms with Crippen molar-refractivity contribution >= 4 is 5.91 Å². The third-order valence-corrected chi connectivity index (χ3v) is 9.55. The summed E-state index contributed by atoms with van der Waals surface area (Å²) in [5.74, 6) is 0.0719. The van der Waals surface area contributed by atoms with Crippen LogP contribution in [-0.2, 0) is 4.79 Å². The van der Waals surface area contributed by atoms with E-state index in [0.29, 0.717) is 32.6 Å². The highest BCUT2D eigenvalue weighted by Gasteiger charge is 2.19. The fourth-order valence-electron chi connectivity index (χ4n) is 6.40. The molecule has 7 nitrogen and oxygen atoms in total. The average Bonchev–Trinajstić information content (AvgIpc) is 3.06. The highest BCUT2D eigenvalue weighted by Crippen LogP contribution is 2.15. The predicted octanol–water partition coefficient (Wildman–Crippen LogP) is 8.33. The molecule has 0 aliphatic heterocycles. The van der Waals surface area contributed by atoms with E-state index in [1.165, 1.54) is 148 Å². The molecule has 0 saturated heterocycles. The molecule has 2 unspecified atom stereocenters. The number of nitrogens with two attached hydrogens (primary N) is 2. The molecule has 0 aliphatic rings. The highest BCUT2D eigenvalue weighted by atomic mass is 16.3. The first-order valence-corrected chi connectivity index (χ1v) is 20.2. The lowest BCUT2D eigenvalue weighted by molar-refractivity contribution is -0.133. The molecule has 0 aromatic rings. The van der Waals surface area contributed by atoms with Gasteiger partial charge in [0.2, 0.25) is 5.91 Å². The van der Waals surface area contributed by atoms with Crippen molar-refractivity contribution in [1.82, 2.24) is 9.80 Å². The lowest BCUT2D eigenvalue weighted by Crippen LogP contribution is -2.43. The van der Waals surface area contributed by atoms with Crippen molar-refractivity contribution in [3.8, 4) is 0 Å². The minimum atomic E-state index is -0.688. The maximum Gasteiger partial charge on any atom is 0.223 e. The van der Waals surface area contributed by atoms with E-state index in [4.69, 9.17) is 11.5 Å². The number of amides is 1. The topological polar surface area (TPSA) is 116 Å². The van der Waals surface area contributed by atoms with Crippen molar-refractivity contribution in [2.24, 2.45) is 11.5 Å². The van der Waals surface area contributed by atoms with Crippen molar-refractivity contribution in [3.63, 3.8) is 0 Å². The molecule has 0 saturated carbocycles. The Morgan fingerprint density at radius 1 is 0.478 bits per heavy atom. The lowest BCUT2D eigenvalue weighted by Gasteiger charge is -2.28. The van der Waals surface area contributed by atoms with Gasteiger partial charge in [0.1, 0.15) is 0 Å². The van der Waals surface area contributed by atoms with E-state index in [9.17, 15) is 15.0 Å². The van der Waals surface area contributed by atoms with Gasteiger partial charge in [0.15, 0.2) is 0 Å². The van der Waals surface area contributed by atoms with Crippen molar-refractivity contribution in [3.05, 3.63) is 0 Å². The standard InChI is InChI=1S/C39H82N4O3/c1-3-5-7-9-11-13-15-16-17-18-19-20-21-23-25-27-30-42(35-37(44)33-40)32-29-39(46)43(36-38(45)34-41)31-28-26-24-22-14-12-10-8-6-4-2/h37-38,44-45H,3-36,40-41H2,1-2H3. The van der Waals surface area contributed by atoms with E-state index in [-0.39, 0.29) is 19.0 Å². The van der Waals surface area contributed by atoms with Crippen LogP contribution in [0.1, 0.15) is 187 Å². The van der Waals surface area contributed by atoms with Crippen LogP contribution in [0.5, 0.6) is 0 Å². The summed E-state index contributed by atoms with van der Waals surface area (Å²) in [7, 11) is 0. The van der Waals surface area contributed by atoms with Crippen LogP contribution < -0.4 is 11.5 Å². The molecule has 0 aliphatic carbocycles. The molecule has 0 bridgehead atoms. The van der Waals surface area contributed by atoms with Crippen LogP contribution in [0.2, 0.25) is 0 Å². The monoisotopic (exact) mass is 655 g/mol. The second kappa shape index (κ2) is 35.6. The SMILES string of the molecule is CCCCCCCCCCCCCCCCCCN(CCC(=O)N(CCCCCCCCCCCC)CC(O)CN)CC(O)CN. The highest BCUT2D eigenvalue weighted by molar-refractivity contribution is 5.76. The number of hydrogen-bond acceptors (Lipinski definition) is 6. The minimum Gasteiger partial charge on any atom is -0.390 e. The fraction of sp³-hybridized carbons (Fsp3) is 0.974. The summed E-state index contributed by atoms with van der Waals surface area (Å²) in [6, 6.07) is 0. The Bertz CT molecular complexity index is 624. The summed E-state index contributed by atoms with van der Waals surface area (Å²) >= 11 is 0. The smallest absolute Gasteiger partial charge is 0.223 e. The maximum atomic E-state index is 13.2. The Labute approximate surface area is 287 Å². The van der Waals surface area contributed by atoms with Gasteiger partial charge in [-0.3, -0.25) is 4.79 Å². The van der Waals surface area contributed by atoms with Gasteiger partial charge in [-0.05, 0) is 19.4 Å². The van der Waals surface area contributed by atoms with Crippen LogP contribution in [0.4, 0.5) is 0 Å². The van der Waals surface area contributed by atoms with Crippen LogP contribution in [0.25, 0.3) is 0 Å². The summed E-state index contributed by atoms with van der Waals surface area (Å²) in [6.45, 7) is 7.91. The first kappa shape index (κ1) is 45.3. The Kier molecular flexibility index (Phi) is 35.0. The molecule has 0 rings (SSSR count). The molecular formula is C39H82N4O3. The van der Waals surface area contributed by atoms with Gasteiger partial charge in [-0.25, -0.2) is 0 Å². The zero-order valence-corrected chi connectivity index (χ0v) is 31.0. The molecule has 0 aromatic carbocycles.